The first-order valence-electron chi connectivity index (χ1n) is 6.35. The second-order valence-electron chi connectivity index (χ2n) is 5.30. The van der Waals surface area contributed by atoms with Crippen molar-refractivity contribution < 1.29 is 9.59 Å². The molecule has 3 N–H and O–H groups in total. The van der Waals surface area contributed by atoms with Gasteiger partial charge in [-0.3, -0.25) is 9.59 Å². The van der Waals surface area contributed by atoms with E-state index in [-0.39, 0.29) is 23.9 Å². The van der Waals surface area contributed by atoms with Crippen molar-refractivity contribution in [1.82, 2.24) is 10.2 Å². The van der Waals surface area contributed by atoms with Crippen molar-refractivity contribution in [2.75, 3.05) is 13.6 Å². The summed E-state index contributed by atoms with van der Waals surface area (Å²) in [6, 6.07) is 0.159. The van der Waals surface area contributed by atoms with E-state index in [4.69, 9.17) is 5.73 Å². The monoisotopic (exact) mass is 239 g/mol. The number of nitrogens with one attached hydrogen (secondary N) is 1. The zero-order valence-electron chi connectivity index (χ0n) is 10.3. The number of hydrogen-bond donors (Lipinski definition) is 2. The van der Waals surface area contributed by atoms with E-state index in [0.717, 1.165) is 19.3 Å². The highest BCUT2D eigenvalue weighted by Crippen LogP contribution is 2.26. The second kappa shape index (κ2) is 5.04. The van der Waals surface area contributed by atoms with Gasteiger partial charge in [-0.25, -0.2) is 0 Å². The highest BCUT2D eigenvalue weighted by Gasteiger charge is 2.30. The van der Waals surface area contributed by atoms with Crippen LogP contribution in [0.15, 0.2) is 0 Å². The van der Waals surface area contributed by atoms with Crippen LogP contribution in [0.1, 0.15) is 32.1 Å². The fourth-order valence-electron chi connectivity index (χ4n) is 2.80. The summed E-state index contributed by atoms with van der Waals surface area (Å²) in [6.07, 6.45) is 4.15. The van der Waals surface area contributed by atoms with E-state index < -0.39 is 0 Å². The van der Waals surface area contributed by atoms with E-state index in [9.17, 15) is 9.59 Å². The minimum absolute atomic E-state index is 0.0161. The Kier molecular flexibility index (Phi) is 3.66. The third-order valence-corrected chi connectivity index (χ3v) is 3.87. The molecule has 0 radical (unpaired) electrons. The lowest BCUT2D eigenvalue weighted by atomic mass is 9.99. The summed E-state index contributed by atoms with van der Waals surface area (Å²) in [7, 11) is 1.77. The molecule has 17 heavy (non-hydrogen) atoms. The molecule has 3 atom stereocenters. The number of rotatable bonds is 3. The van der Waals surface area contributed by atoms with Crippen molar-refractivity contribution in [1.29, 1.82) is 0 Å². The molecule has 1 saturated carbocycles. The summed E-state index contributed by atoms with van der Waals surface area (Å²) in [5.74, 6) is 0.471. The molecule has 0 aromatic heterocycles. The maximum absolute atomic E-state index is 11.8. The number of nitrogens with two attached hydrogens (primary N) is 1. The average Bonchev–Trinajstić information content (AvgIpc) is 2.76. The standard InChI is InChI=1S/C12H21N3O2/c1-15-7-9(6-12(15)17)14-11(16)5-8-3-2-4-10(8)13/h8-10H,2-7,13H2,1H3,(H,14,16)/t8-,9?,10+/m0/s1. The Balaban J connectivity index is 1.76. The molecule has 2 fully saturated rings. The number of nitrogens with zero attached hydrogens (tertiary/aromatic N) is 1. The zero-order chi connectivity index (χ0) is 12.4. The lowest BCUT2D eigenvalue weighted by Crippen LogP contribution is -2.38. The fraction of sp³-hybridized carbons (Fsp3) is 0.833. The molecule has 5 nitrogen and oxygen atoms in total. The van der Waals surface area contributed by atoms with Crippen LogP contribution in [0.2, 0.25) is 0 Å². The van der Waals surface area contributed by atoms with Crippen molar-refractivity contribution in [2.24, 2.45) is 11.7 Å². The number of amides is 2. The molecule has 0 aromatic rings. The number of likely N-dealkylation sites (tertiary alicyclic amines) is 1. The van der Waals surface area contributed by atoms with Gasteiger partial charge < -0.3 is 16.0 Å². The maximum Gasteiger partial charge on any atom is 0.224 e. The van der Waals surface area contributed by atoms with Gasteiger partial charge in [0.2, 0.25) is 11.8 Å². The highest BCUT2D eigenvalue weighted by molar-refractivity contribution is 5.82. The molecule has 96 valence electrons. The molecule has 1 unspecified atom stereocenters. The van der Waals surface area contributed by atoms with Gasteiger partial charge in [0.25, 0.3) is 0 Å². The van der Waals surface area contributed by atoms with Crippen LogP contribution in [0, 0.1) is 5.92 Å². The molecule has 5 heteroatoms. The molecule has 1 heterocycles. The van der Waals surface area contributed by atoms with Crippen LogP contribution in [0.5, 0.6) is 0 Å². The number of hydrogen-bond acceptors (Lipinski definition) is 3. The summed E-state index contributed by atoms with van der Waals surface area (Å²) in [5.41, 5.74) is 5.94. The van der Waals surface area contributed by atoms with Crippen LogP contribution < -0.4 is 11.1 Å². The predicted octanol–water partition coefficient (Wildman–Crippen LogP) is -0.149. The lowest BCUT2D eigenvalue weighted by Gasteiger charge is -2.17. The first-order chi connectivity index (χ1) is 8.06. The number of carbonyl (C=O) groups is 2. The van der Waals surface area contributed by atoms with Crippen molar-refractivity contribution in [2.45, 2.75) is 44.2 Å². The van der Waals surface area contributed by atoms with Gasteiger partial charge in [0, 0.05) is 32.5 Å². The normalized spacial score (nSPS) is 33.2. The van der Waals surface area contributed by atoms with Gasteiger partial charge in [-0.2, -0.15) is 0 Å². The SMILES string of the molecule is CN1CC(NC(=O)C[C@@H]2CCC[C@H]2N)CC1=O. The Hall–Kier alpha value is -1.10. The van der Waals surface area contributed by atoms with Crippen LogP contribution in [0.4, 0.5) is 0 Å². The largest absolute Gasteiger partial charge is 0.351 e. The molecular formula is C12H21N3O2. The summed E-state index contributed by atoms with van der Waals surface area (Å²) in [5, 5.41) is 2.93. The molecule has 1 saturated heterocycles. The van der Waals surface area contributed by atoms with Crippen LogP contribution in [0.25, 0.3) is 0 Å². The van der Waals surface area contributed by atoms with Crippen molar-refractivity contribution in [3.8, 4) is 0 Å². The van der Waals surface area contributed by atoms with Gasteiger partial charge in [-0.05, 0) is 18.8 Å². The minimum atomic E-state index is -0.0161. The van der Waals surface area contributed by atoms with Crippen LogP contribution in [-0.4, -0.2) is 42.4 Å². The molecule has 2 rings (SSSR count). The van der Waals surface area contributed by atoms with Gasteiger partial charge in [-0.1, -0.05) is 6.42 Å². The Morgan fingerprint density at radius 2 is 2.29 bits per heavy atom. The number of likely N-dealkylation sites (N-methyl/N-ethyl adjacent to an activating group) is 1. The van der Waals surface area contributed by atoms with Crippen molar-refractivity contribution >= 4 is 11.8 Å². The maximum atomic E-state index is 11.8. The van der Waals surface area contributed by atoms with Crippen LogP contribution in [0.3, 0.4) is 0 Å². The topological polar surface area (TPSA) is 75.4 Å². The summed E-state index contributed by atoms with van der Waals surface area (Å²) in [6.45, 7) is 0.626. The molecule has 1 aliphatic carbocycles. The molecule has 0 aromatic carbocycles. The quantitative estimate of drug-likeness (QED) is 0.719. The van der Waals surface area contributed by atoms with E-state index in [1.807, 2.05) is 0 Å². The van der Waals surface area contributed by atoms with E-state index in [1.165, 1.54) is 0 Å². The van der Waals surface area contributed by atoms with Gasteiger partial charge in [0.15, 0.2) is 0 Å². The van der Waals surface area contributed by atoms with Crippen molar-refractivity contribution in [3.05, 3.63) is 0 Å². The first-order valence-corrected chi connectivity index (χ1v) is 6.35. The van der Waals surface area contributed by atoms with Crippen LogP contribution >= 0.6 is 0 Å². The first kappa shape index (κ1) is 12.4. The van der Waals surface area contributed by atoms with Crippen LogP contribution in [-0.2, 0) is 9.59 Å². The van der Waals surface area contributed by atoms with E-state index >= 15 is 0 Å². The van der Waals surface area contributed by atoms with E-state index in [2.05, 4.69) is 5.32 Å². The zero-order valence-corrected chi connectivity index (χ0v) is 10.3. The second-order valence-corrected chi connectivity index (χ2v) is 5.30. The average molecular weight is 239 g/mol. The van der Waals surface area contributed by atoms with Crippen molar-refractivity contribution in [3.63, 3.8) is 0 Å². The third kappa shape index (κ3) is 2.97. The van der Waals surface area contributed by atoms with E-state index in [0.29, 0.717) is 25.3 Å². The van der Waals surface area contributed by atoms with E-state index in [1.54, 1.807) is 11.9 Å². The molecule has 0 bridgehead atoms. The molecule has 1 aliphatic heterocycles. The highest BCUT2D eigenvalue weighted by atomic mass is 16.2. The third-order valence-electron chi connectivity index (χ3n) is 3.87. The molecule has 0 spiro atoms. The Morgan fingerprint density at radius 3 is 2.82 bits per heavy atom. The molecular weight excluding hydrogens is 218 g/mol. The van der Waals surface area contributed by atoms with Gasteiger partial charge in [0.1, 0.15) is 0 Å². The summed E-state index contributed by atoms with van der Waals surface area (Å²) in [4.78, 5) is 24.8. The van der Waals surface area contributed by atoms with Gasteiger partial charge in [0.05, 0.1) is 6.04 Å². The number of carbonyl (C=O) groups excluding carboxylic acids is 2. The Morgan fingerprint density at radius 1 is 1.53 bits per heavy atom. The molecule has 2 amide bonds. The lowest BCUT2D eigenvalue weighted by molar-refractivity contribution is -0.126. The van der Waals surface area contributed by atoms with Gasteiger partial charge >= 0.3 is 0 Å². The smallest absolute Gasteiger partial charge is 0.224 e. The van der Waals surface area contributed by atoms with Gasteiger partial charge in [-0.15, -0.1) is 0 Å². The molecule has 2 aliphatic rings. The Bertz CT molecular complexity index is 319. The minimum Gasteiger partial charge on any atom is -0.351 e. The predicted molar refractivity (Wildman–Crippen MR) is 64.1 cm³/mol. The summed E-state index contributed by atoms with van der Waals surface area (Å²) < 4.78 is 0. The fourth-order valence-corrected chi connectivity index (χ4v) is 2.80. The summed E-state index contributed by atoms with van der Waals surface area (Å²) >= 11 is 0. The Labute approximate surface area is 102 Å².